The number of aryl methyl sites for hydroxylation is 1. The average molecular weight is 299 g/mol. The summed E-state index contributed by atoms with van der Waals surface area (Å²) in [6, 6.07) is 6.90. The predicted molar refractivity (Wildman–Crippen MR) is 91.9 cm³/mol. The number of hydrogen-bond donors (Lipinski definition) is 1. The zero-order chi connectivity index (χ0) is 15.6. The summed E-state index contributed by atoms with van der Waals surface area (Å²) < 4.78 is 5.51. The van der Waals surface area contributed by atoms with E-state index in [9.17, 15) is 0 Å². The second-order valence-electron chi connectivity index (χ2n) is 7.22. The van der Waals surface area contributed by atoms with Crippen molar-refractivity contribution < 1.29 is 4.74 Å². The van der Waals surface area contributed by atoms with Crippen molar-refractivity contribution in [2.24, 2.45) is 5.41 Å². The van der Waals surface area contributed by atoms with Crippen LogP contribution in [0.15, 0.2) is 18.2 Å². The van der Waals surface area contributed by atoms with Crippen molar-refractivity contribution in [3.63, 3.8) is 0 Å². The van der Waals surface area contributed by atoms with E-state index in [-0.39, 0.29) is 5.41 Å². The van der Waals surface area contributed by atoms with E-state index in [1.54, 1.807) is 0 Å². The Bertz CT molecular complexity index is 541. The molecule has 1 fully saturated rings. The Kier molecular flexibility index (Phi) is 4.67. The van der Waals surface area contributed by atoms with Gasteiger partial charge in [-0.3, -0.25) is 0 Å². The van der Waals surface area contributed by atoms with Crippen LogP contribution in [0.25, 0.3) is 0 Å². The molecule has 1 aromatic carbocycles. The van der Waals surface area contributed by atoms with Crippen molar-refractivity contribution >= 4 is 5.71 Å². The van der Waals surface area contributed by atoms with Gasteiger partial charge >= 0.3 is 0 Å². The summed E-state index contributed by atoms with van der Waals surface area (Å²) in [7, 11) is 1.82. The van der Waals surface area contributed by atoms with Gasteiger partial charge in [0.05, 0.1) is 6.10 Å². The fraction of sp³-hybridized carbons (Fsp3) is 0.650. The Morgan fingerprint density at radius 3 is 2.68 bits per heavy atom. The van der Waals surface area contributed by atoms with Crippen LogP contribution in [0, 0.1) is 10.8 Å². The molecule has 1 saturated carbocycles. The van der Waals surface area contributed by atoms with Crippen LogP contribution >= 0.6 is 0 Å². The average Bonchev–Trinajstić information content (AvgIpc) is 2.81. The van der Waals surface area contributed by atoms with E-state index in [1.807, 2.05) is 7.11 Å². The quantitative estimate of drug-likeness (QED) is 0.769. The first-order valence-corrected chi connectivity index (χ1v) is 8.92. The zero-order valence-electron chi connectivity index (χ0n) is 14.1. The molecule has 2 nitrogen and oxygen atoms in total. The molecule has 0 bridgehead atoms. The summed E-state index contributed by atoms with van der Waals surface area (Å²) in [6.07, 6.45) is 10.9. The van der Waals surface area contributed by atoms with Crippen LogP contribution in [-0.4, -0.2) is 18.9 Å². The highest BCUT2D eigenvalue weighted by Crippen LogP contribution is 2.47. The van der Waals surface area contributed by atoms with Gasteiger partial charge in [-0.2, -0.15) is 0 Å². The molecule has 1 spiro atoms. The van der Waals surface area contributed by atoms with Gasteiger partial charge in [-0.05, 0) is 67.7 Å². The minimum absolute atomic E-state index is 0.111. The van der Waals surface area contributed by atoms with Crippen LogP contribution in [0.5, 0.6) is 0 Å². The van der Waals surface area contributed by atoms with E-state index >= 15 is 0 Å². The molecule has 2 aliphatic carbocycles. The number of unbranched alkanes of at least 4 members (excludes halogenated alkanes) is 2. The molecule has 0 aromatic heterocycles. The molecular formula is C20H29NO. The van der Waals surface area contributed by atoms with E-state index in [0.717, 1.165) is 44.2 Å². The van der Waals surface area contributed by atoms with Gasteiger partial charge < -0.3 is 10.1 Å². The number of benzene rings is 1. The highest BCUT2D eigenvalue weighted by molar-refractivity contribution is 6.07. The molecule has 0 radical (unpaired) electrons. The van der Waals surface area contributed by atoms with Crippen LogP contribution in [0.4, 0.5) is 0 Å². The number of methoxy groups -OCH3 is 1. The van der Waals surface area contributed by atoms with Crippen molar-refractivity contribution in [3.05, 3.63) is 34.9 Å². The molecule has 0 atom stereocenters. The summed E-state index contributed by atoms with van der Waals surface area (Å²) in [6.45, 7) is 2.25. The summed E-state index contributed by atoms with van der Waals surface area (Å²) in [5.41, 5.74) is 5.08. The fourth-order valence-electron chi connectivity index (χ4n) is 4.29. The molecule has 1 aromatic rings. The third kappa shape index (κ3) is 2.86. The Morgan fingerprint density at radius 1 is 1.23 bits per heavy atom. The van der Waals surface area contributed by atoms with Gasteiger partial charge in [-0.15, -0.1) is 0 Å². The van der Waals surface area contributed by atoms with E-state index in [1.165, 1.54) is 36.0 Å². The largest absolute Gasteiger partial charge is 0.381 e. The summed E-state index contributed by atoms with van der Waals surface area (Å²) in [5.74, 6) is 0. The number of hydrogen-bond acceptors (Lipinski definition) is 2. The number of fused-ring (bicyclic) bond motifs is 1. The minimum Gasteiger partial charge on any atom is -0.381 e. The molecule has 0 unspecified atom stereocenters. The van der Waals surface area contributed by atoms with Gasteiger partial charge in [0.15, 0.2) is 0 Å². The molecule has 3 rings (SSSR count). The van der Waals surface area contributed by atoms with E-state index in [0.29, 0.717) is 6.10 Å². The molecule has 0 aliphatic heterocycles. The lowest BCUT2D eigenvalue weighted by Crippen LogP contribution is -2.35. The molecule has 0 saturated heterocycles. The Hall–Kier alpha value is -1.15. The summed E-state index contributed by atoms with van der Waals surface area (Å²) in [4.78, 5) is 0. The Morgan fingerprint density at radius 2 is 2.00 bits per heavy atom. The molecule has 2 aliphatic rings. The maximum atomic E-state index is 8.77. The van der Waals surface area contributed by atoms with Gasteiger partial charge in [0, 0.05) is 18.2 Å². The molecule has 1 N–H and O–H groups in total. The zero-order valence-corrected chi connectivity index (χ0v) is 14.1. The summed E-state index contributed by atoms with van der Waals surface area (Å²) >= 11 is 0. The normalized spacial score (nSPS) is 27.4. The number of ether oxygens (including phenoxy) is 1. The number of nitrogens with one attached hydrogen (secondary N) is 1. The van der Waals surface area contributed by atoms with Gasteiger partial charge in [-0.25, -0.2) is 0 Å². The lowest BCUT2D eigenvalue weighted by atomic mass is 9.70. The first-order valence-electron chi connectivity index (χ1n) is 8.92. The first kappa shape index (κ1) is 15.7. The molecular weight excluding hydrogens is 270 g/mol. The smallest absolute Gasteiger partial charge is 0.0572 e. The van der Waals surface area contributed by atoms with Gasteiger partial charge in [0.1, 0.15) is 0 Å². The van der Waals surface area contributed by atoms with Gasteiger partial charge in [-0.1, -0.05) is 31.9 Å². The van der Waals surface area contributed by atoms with Gasteiger partial charge in [0.2, 0.25) is 0 Å². The monoisotopic (exact) mass is 299 g/mol. The Balaban J connectivity index is 1.74. The molecule has 2 heteroatoms. The van der Waals surface area contributed by atoms with Crippen LogP contribution < -0.4 is 0 Å². The molecule has 0 amide bonds. The van der Waals surface area contributed by atoms with Crippen molar-refractivity contribution in [1.82, 2.24) is 0 Å². The fourth-order valence-corrected chi connectivity index (χ4v) is 4.29. The van der Waals surface area contributed by atoms with E-state index < -0.39 is 0 Å². The topological polar surface area (TPSA) is 33.1 Å². The van der Waals surface area contributed by atoms with Crippen molar-refractivity contribution in [1.29, 1.82) is 5.41 Å². The third-order valence-corrected chi connectivity index (χ3v) is 5.79. The second-order valence-corrected chi connectivity index (χ2v) is 7.22. The SMILES string of the molecule is CCCCCc1ccc2c(c1)C(=N)[C@]1(CC[C@H](OC)CC1)C2. The standard InChI is InChI=1S/C20H29NO/c1-3-4-5-6-15-7-8-16-14-20(19(21)18(16)13-15)11-9-17(22-2)10-12-20/h7-8,13,17,21H,3-6,9-12,14H2,1-2H3/t17-,20-. The van der Waals surface area contributed by atoms with Crippen molar-refractivity contribution in [2.75, 3.05) is 7.11 Å². The molecule has 0 heterocycles. The van der Waals surface area contributed by atoms with Crippen LogP contribution in [0.3, 0.4) is 0 Å². The van der Waals surface area contributed by atoms with E-state index in [4.69, 9.17) is 10.1 Å². The molecule has 120 valence electrons. The third-order valence-electron chi connectivity index (χ3n) is 5.79. The van der Waals surface area contributed by atoms with Crippen LogP contribution in [0.2, 0.25) is 0 Å². The highest BCUT2D eigenvalue weighted by Gasteiger charge is 2.44. The molecule has 22 heavy (non-hydrogen) atoms. The lowest BCUT2D eigenvalue weighted by Gasteiger charge is -2.36. The minimum atomic E-state index is 0.111. The Labute approximate surface area is 134 Å². The summed E-state index contributed by atoms with van der Waals surface area (Å²) in [5, 5.41) is 8.77. The van der Waals surface area contributed by atoms with Crippen LogP contribution in [0.1, 0.15) is 68.6 Å². The predicted octanol–water partition coefficient (Wildman–Crippen LogP) is 4.92. The van der Waals surface area contributed by atoms with E-state index in [2.05, 4.69) is 25.1 Å². The number of rotatable bonds is 5. The van der Waals surface area contributed by atoms with Crippen LogP contribution in [-0.2, 0) is 17.6 Å². The first-order chi connectivity index (χ1) is 10.7. The highest BCUT2D eigenvalue weighted by atomic mass is 16.5. The lowest BCUT2D eigenvalue weighted by molar-refractivity contribution is 0.0467. The van der Waals surface area contributed by atoms with Crippen molar-refractivity contribution in [3.8, 4) is 0 Å². The maximum Gasteiger partial charge on any atom is 0.0572 e. The van der Waals surface area contributed by atoms with Crippen molar-refractivity contribution in [2.45, 2.75) is 70.8 Å². The second kappa shape index (κ2) is 6.54. The maximum absolute atomic E-state index is 8.77. The van der Waals surface area contributed by atoms with Gasteiger partial charge in [0.25, 0.3) is 0 Å².